The van der Waals surface area contributed by atoms with Gasteiger partial charge in [-0.3, -0.25) is 19.1 Å². The highest BCUT2D eigenvalue weighted by Crippen LogP contribution is 2.28. The monoisotopic (exact) mass is 375 g/mol. The fourth-order valence-corrected chi connectivity index (χ4v) is 3.32. The van der Waals surface area contributed by atoms with Crippen LogP contribution in [0.2, 0.25) is 0 Å². The van der Waals surface area contributed by atoms with Gasteiger partial charge in [-0.2, -0.15) is 0 Å². The number of aliphatic hydroxyl groups excluding tert-OH is 2. The molecule has 9 heteroatoms. The number of aromatic amines is 1. The molecule has 1 aromatic heterocycles. The number of H-pyrrole nitrogens is 1. The van der Waals surface area contributed by atoms with Gasteiger partial charge in [0.05, 0.1) is 19.2 Å². The van der Waals surface area contributed by atoms with Crippen LogP contribution in [0.3, 0.4) is 0 Å². The molecule has 1 amide bonds. The van der Waals surface area contributed by atoms with Crippen molar-refractivity contribution in [3.8, 4) is 5.75 Å². The summed E-state index contributed by atoms with van der Waals surface area (Å²) in [6, 6.07) is 6.39. The van der Waals surface area contributed by atoms with E-state index in [1.807, 2.05) is 0 Å². The first kappa shape index (κ1) is 18.9. The molecule has 1 aliphatic carbocycles. The second-order valence-corrected chi connectivity index (χ2v) is 6.46. The third-order valence-corrected chi connectivity index (χ3v) is 4.79. The molecule has 1 fully saturated rings. The van der Waals surface area contributed by atoms with Crippen LogP contribution < -0.4 is 21.3 Å². The first-order valence-corrected chi connectivity index (χ1v) is 8.53. The van der Waals surface area contributed by atoms with Crippen molar-refractivity contribution in [2.24, 2.45) is 0 Å². The van der Waals surface area contributed by atoms with E-state index in [2.05, 4.69) is 10.3 Å². The zero-order chi connectivity index (χ0) is 19.6. The van der Waals surface area contributed by atoms with Crippen molar-refractivity contribution in [2.45, 2.75) is 37.1 Å². The maximum atomic E-state index is 12.4. The van der Waals surface area contributed by atoms with Gasteiger partial charge in [-0.15, -0.1) is 0 Å². The first-order chi connectivity index (χ1) is 12.9. The number of ether oxygens (including phenoxy) is 1. The highest BCUT2D eigenvalue weighted by Gasteiger charge is 2.39. The van der Waals surface area contributed by atoms with Gasteiger partial charge < -0.3 is 20.3 Å². The fraction of sp³-hybridized carbons (Fsp3) is 0.389. The highest BCUT2D eigenvalue weighted by atomic mass is 16.5. The van der Waals surface area contributed by atoms with Crippen molar-refractivity contribution in [3.63, 3.8) is 0 Å². The van der Waals surface area contributed by atoms with Gasteiger partial charge in [-0.05, 0) is 31.0 Å². The first-order valence-electron chi connectivity index (χ1n) is 8.53. The molecule has 0 unspecified atom stereocenters. The Morgan fingerprint density at radius 2 is 2.00 bits per heavy atom. The summed E-state index contributed by atoms with van der Waals surface area (Å²) in [6.45, 7) is 0. The van der Waals surface area contributed by atoms with Crippen molar-refractivity contribution in [1.82, 2.24) is 14.9 Å². The molecular weight excluding hydrogens is 354 g/mol. The Kier molecular flexibility index (Phi) is 5.43. The summed E-state index contributed by atoms with van der Waals surface area (Å²) >= 11 is 0. The summed E-state index contributed by atoms with van der Waals surface area (Å²) in [5.41, 5.74) is -0.821. The number of aliphatic hydroxyl groups is 2. The highest BCUT2D eigenvalue weighted by molar-refractivity contribution is 5.94. The van der Waals surface area contributed by atoms with Crippen LogP contribution >= 0.6 is 0 Å². The van der Waals surface area contributed by atoms with Crippen LogP contribution in [-0.4, -0.2) is 51.0 Å². The van der Waals surface area contributed by atoms with Gasteiger partial charge in [-0.25, -0.2) is 4.79 Å². The summed E-state index contributed by atoms with van der Waals surface area (Å²) in [6.07, 6.45) is -0.566. The van der Waals surface area contributed by atoms with Crippen LogP contribution in [0, 0.1) is 0 Å². The van der Waals surface area contributed by atoms with Crippen molar-refractivity contribution >= 4 is 5.91 Å². The van der Waals surface area contributed by atoms with Crippen LogP contribution in [-0.2, 0) is 0 Å². The molecule has 0 saturated heterocycles. The van der Waals surface area contributed by atoms with E-state index in [1.165, 1.54) is 23.9 Å². The number of aromatic nitrogens is 2. The predicted octanol–water partition coefficient (Wildman–Crippen LogP) is -0.599. The van der Waals surface area contributed by atoms with Gasteiger partial charge in [0.15, 0.2) is 0 Å². The normalized spacial score (nSPS) is 25.0. The van der Waals surface area contributed by atoms with E-state index in [9.17, 15) is 24.6 Å². The van der Waals surface area contributed by atoms with E-state index in [0.29, 0.717) is 24.2 Å². The summed E-state index contributed by atoms with van der Waals surface area (Å²) in [5.74, 6) is 0.134. The van der Waals surface area contributed by atoms with Crippen LogP contribution in [0.4, 0.5) is 0 Å². The van der Waals surface area contributed by atoms with E-state index >= 15 is 0 Å². The SMILES string of the molecule is COc1cccc(C(=O)N[C@@H]2CC[C@@H](n3ccc(=O)[nH]c3=O)[C@@H](O)[C@@H]2O)c1. The van der Waals surface area contributed by atoms with Crippen molar-refractivity contribution in [2.75, 3.05) is 7.11 Å². The number of methoxy groups -OCH3 is 1. The third-order valence-electron chi connectivity index (χ3n) is 4.79. The van der Waals surface area contributed by atoms with Crippen LogP contribution in [0.5, 0.6) is 5.75 Å². The molecule has 3 rings (SSSR count). The van der Waals surface area contributed by atoms with Gasteiger partial charge in [0.2, 0.25) is 0 Å². The van der Waals surface area contributed by atoms with Crippen LogP contribution in [0.1, 0.15) is 29.2 Å². The quantitative estimate of drug-likeness (QED) is 0.564. The molecule has 144 valence electrons. The van der Waals surface area contributed by atoms with Gasteiger partial charge >= 0.3 is 5.69 Å². The molecule has 9 nitrogen and oxygen atoms in total. The molecule has 1 saturated carbocycles. The number of hydrogen-bond acceptors (Lipinski definition) is 6. The average Bonchev–Trinajstić information content (AvgIpc) is 2.66. The van der Waals surface area contributed by atoms with E-state index in [-0.39, 0.29) is 0 Å². The second kappa shape index (κ2) is 7.77. The topological polar surface area (TPSA) is 134 Å². The Hall–Kier alpha value is -2.91. The molecule has 1 aliphatic rings. The van der Waals surface area contributed by atoms with E-state index in [0.717, 1.165) is 0 Å². The van der Waals surface area contributed by atoms with Crippen molar-refractivity contribution < 1.29 is 19.7 Å². The lowest BCUT2D eigenvalue weighted by Gasteiger charge is -2.38. The molecule has 4 N–H and O–H groups in total. The smallest absolute Gasteiger partial charge is 0.328 e. The molecular formula is C18H21N3O6. The summed E-state index contributed by atoms with van der Waals surface area (Å²) in [7, 11) is 1.50. The number of carbonyl (C=O) groups is 1. The second-order valence-electron chi connectivity index (χ2n) is 6.46. The van der Waals surface area contributed by atoms with E-state index in [1.54, 1.807) is 24.3 Å². The molecule has 4 atom stereocenters. The molecule has 27 heavy (non-hydrogen) atoms. The van der Waals surface area contributed by atoms with Gasteiger partial charge in [0, 0.05) is 17.8 Å². The predicted molar refractivity (Wildman–Crippen MR) is 95.9 cm³/mol. The summed E-state index contributed by atoms with van der Waals surface area (Å²) in [5, 5.41) is 23.6. The van der Waals surface area contributed by atoms with Gasteiger partial charge in [-0.1, -0.05) is 6.07 Å². The number of benzene rings is 1. The molecule has 0 radical (unpaired) electrons. The number of carbonyl (C=O) groups excluding carboxylic acids is 1. The summed E-state index contributed by atoms with van der Waals surface area (Å²) in [4.78, 5) is 37.7. The zero-order valence-electron chi connectivity index (χ0n) is 14.7. The van der Waals surface area contributed by atoms with Crippen LogP contribution in [0.15, 0.2) is 46.1 Å². The van der Waals surface area contributed by atoms with Gasteiger partial charge in [0.1, 0.15) is 18.0 Å². The van der Waals surface area contributed by atoms with Gasteiger partial charge in [0.25, 0.3) is 11.5 Å². The molecule has 1 heterocycles. The van der Waals surface area contributed by atoms with Crippen molar-refractivity contribution in [3.05, 3.63) is 62.9 Å². The summed E-state index contributed by atoms with van der Waals surface area (Å²) < 4.78 is 6.28. The third kappa shape index (κ3) is 3.93. The van der Waals surface area contributed by atoms with Crippen molar-refractivity contribution in [1.29, 1.82) is 0 Å². The molecule has 0 bridgehead atoms. The Bertz CT molecular complexity index is 937. The van der Waals surface area contributed by atoms with Crippen LogP contribution in [0.25, 0.3) is 0 Å². The minimum atomic E-state index is -1.28. The molecule has 1 aromatic carbocycles. The number of rotatable bonds is 4. The molecule has 2 aromatic rings. The Morgan fingerprint density at radius 3 is 2.70 bits per heavy atom. The zero-order valence-corrected chi connectivity index (χ0v) is 14.7. The Morgan fingerprint density at radius 1 is 1.22 bits per heavy atom. The minimum absolute atomic E-state index is 0.341. The maximum absolute atomic E-state index is 12.4. The number of nitrogens with one attached hydrogen (secondary N) is 2. The molecule has 0 aliphatic heterocycles. The lowest BCUT2D eigenvalue weighted by Crippen LogP contribution is -2.55. The van der Waals surface area contributed by atoms with E-state index in [4.69, 9.17) is 4.74 Å². The van der Waals surface area contributed by atoms with E-state index < -0.39 is 41.4 Å². The molecule has 0 spiro atoms. The maximum Gasteiger partial charge on any atom is 0.328 e. The number of hydrogen-bond donors (Lipinski definition) is 4. The minimum Gasteiger partial charge on any atom is -0.497 e. The number of amides is 1. The number of nitrogens with zero attached hydrogens (tertiary/aromatic N) is 1. The largest absolute Gasteiger partial charge is 0.497 e. The standard InChI is InChI=1S/C18H21N3O6/c1-27-11-4-2-3-10(9-11)17(25)19-12-5-6-13(16(24)15(12)23)21-8-7-14(22)20-18(21)26/h2-4,7-9,12-13,15-16,23-24H,5-6H2,1H3,(H,19,25)(H,20,22,26)/t12-,13-,15-,16-/m1/s1. The Labute approximate surface area is 154 Å². The average molecular weight is 375 g/mol. The fourth-order valence-electron chi connectivity index (χ4n) is 3.32. The Balaban J connectivity index is 1.72. The lowest BCUT2D eigenvalue weighted by molar-refractivity contribution is -0.0570. The lowest BCUT2D eigenvalue weighted by atomic mass is 9.85.